The third-order valence-corrected chi connectivity index (χ3v) is 5.43. The molecular formula is C22H30F3NO5. The van der Waals surface area contributed by atoms with Gasteiger partial charge in [-0.2, -0.15) is 0 Å². The summed E-state index contributed by atoms with van der Waals surface area (Å²) in [6.45, 7) is 0.628. The van der Waals surface area contributed by atoms with Gasteiger partial charge in [0.2, 0.25) is 5.91 Å². The summed E-state index contributed by atoms with van der Waals surface area (Å²) in [7, 11) is 0. The third kappa shape index (κ3) is 9.59. The average Bonchev–Trinajstić information content (AvgIpc) is 3.01. The van der Waals surface area contributed by atoms with E-state index in [1.165, 1.54) is 18.2 Å². The highest BCUT2D eigenvalue weighted by Crippen LogP contribution is 2.26. The number of ether oxygens (including phenoxy) is 1. The number of alkyl halides is 3. The number of carbonyl (C=O) groups excluding carboxylic acids is 1. The molecule has 9 heteroatoms. The first-order valence-corrected chi connectivity index (χ1v) is 10.7. The van der Waals surface area contributed by atoms with Gasteiger partial charge in [-0.25, -0.2) is 0 Å². The smallest absolute Gasteiger partial charge is 0.481 e. The van der Waals surface area contributed by atoms with E-state index in [0.29, 0.717) is 37.8 Å². The largest absolute Gasteiger partial charge is 0.573 e. The average molecular weight is 445 g/mol. The van der Waals surface area contributed by atoms with Crippen molar-refractivity contribution in [1.82, 2.24) is 4.90 Å². The Morgan fingerprint density at radius 3 is 2.68 bits per heavy atom. The van der Waals surface area contributed by atoms with E-state index in [1.54, 1.807) is 6.07 Å². The molecule has 0 radical (unpaired) electrons. The number of aliphatic hydroxyl groups excluding tert-OH is 1. The molecule has 0 spiro atoms. The molecular weight excluding hydrogens is 415 g/mol. The fourth-order valence-corrected chi connectivity index (χ4v) is 3.94. The van der Waals surface area contributed by atoms with Crippen LogP contribution >= 0.6 is 0 Å². The van der Waals surface area contributed by atoms with Crippen molar-refractivity contribution in [3.8, 4) is 5.75 Å². The third-order valence-electron chi connectivity index (χ3n) is 5.43. The molecule has 1 aliphatic heterocycles. The zero-order valence-electron chi connectivity index (χ0n) is 17.4. The van der Waals surface area contributed by atoms with Gasteiger partial charge in [-0.05, 0) is 56.2 Å². The van der Waals surface area contributed by atoms with Crippen molar-refractivity contribution in [1.29, 1.82) is 0 Å². The maximum absolute atomic E-state index is 12.4. The normalized spacial score (nSPS) is 17.7. The standard InChI is InChI=1S/C22H30F3NO5/c23-22(24,25)31-19-7-5-6-16(15-19)14-18(27)11-9-17-10-12-20(28)26(17)13-4-2-1-3-8-21(29)30/h5-7,15,17-18,27H,1-4,8-14H2,(H,29,30)/t17-,18?/m0/s1. The van der Waals surface area contributed by atoms with Crippen LogP contribution in [0.5, 0.6) is 5.75 Å². The van der Waals surface area contributed by atoms with Crippen molar-refractivity contribution in [3.05, 3.63) is 29.8 Å². The number of unbranched alkanes of at least 4 members (excludes halogenated alkanes) is 3. The van der Waals surface area contributed by atoms with Crippen LogP contribution in [0.1, 0.15) is 63.4 Å². The fourth-order valence-electron chi connectivity index (χ4n) is 3.94. The topological polar surface area (TPSA) is 87.1 Å². The Morgan fingerprint density at radius 2 is 1.97 bits per heavy atom. The van der Waals surface area contributed by atoms with Gasteiger partial charge in [0.1, 0.15) is 5.75 Å². The van der Waals surface area contributed by atoms with Crippen molar-refractivity contribution in [3.63, 3.8) is 0 Å². The van der Waals surface area contributed by atoms with E-state index >= 15 is 0 Å². The predicted molar refractivity (Wildman–Crippen MR) is 108 cm³/mol. The van der Waals surface area contributed by atoms with Crippen LogP contribution in [0.3, 0.4) is 0 Å². The van der Waals surface area contributed by atoms with Crippen LogP contribution in [0.2, 0.25) is 0 Å². The first kappa shape index (κ1) is 25.0. The minimum atomic E-state index is -4.76. The lowest BCUT2D eigenvalue weighted by Gasteiger charge is -2.26. The van der Waals surface area contributed by atoms with Crippen LogP contribution in [0.25, 0.3) is 0 Å². The summed E-state index contributed by atoms with van der Waals surface area (Å²) in [5, 5.41) is 19.0. The number of hydrogen-bond donors (Lipinski definition) is 2. The van der Waals surface area contributed by atoms with Gasteiger partial charge in [-0.15, -0.1) is 13.2 Å². The molecule has 0 aromatic heterocycles. The molecule has 1 unspecified atom stereocenters. The van der Waals surface area contributed by atoms with Gasteiger partial charge in [0.05, 0.1) is 6.10 Å². The Balaban J connectivity index is 1.74. The molecule has 2 N–H and O–H groups in total. The van der Waals surface area contributed by atoms with Crippen molar-refractivity contribution in [2.75, 3.05) is 6.54 Å². The van der Waals surface area contributed by atoms with Crippen LogP contribution in [0, 0.1) is 0 Å². The number of carbonyl (C=O) groups is 2. The van der Waals surface area contributed by atoms with Gasteiger partial charge in [0.25, 0.3) is 0 Å². The number of amides is 1. The van der Waals surface area contributed by atoms with Crippen molar-refractivity contribution in [2.45, 2.75) is 82.7 Å². The van der Waals surface area contributed by atoms with Crippen LogP contribution < -0.4 is 4.74 Å². The second kappa shape index (κ2) is 11.9. The van der Waals surface area contributed by atoms with Gasteiger partial charge in [-0.1, -0.05) is 25.0 Å². The van der Waals surface area contributed by atoms with Gasteiger partial charge in [-0.3, -0.25) is 9.59 Å². The lowest BCUT2D eigenvalue weighted by molar-refractivity contribution is -0.274. The lowest BCUT2D eigenvalue weighted by Crippen LogP contribution is -2.34. The van der Waals surface area contributed by atoms with Crippen LogP contribution in [0.4, 0.5) is 13.2 Å². The molecule has 2 atom stereocenters. The minimum absolute atomic E-state index is 0.0565. The molecule has 0 aliphatic carbocycles. The number of hydrogen-bond acceptors (Lipinski definition) is 4. The molecule has 31 heavy (non-hydrogen) atoms. The molecule has 1 aromatic carbocycles. The van der Waals surface area contributed by atoms with Crippen LogP contribution in [-0.4, -0.2) is 52.0 Å². The predicted octanol–water partition coefficient (Wildman–Crippen LogP) is 4.29. The molecule has 1 amide bonds. The van der Waals surface area contributed by atoms with E-state index in [1.807, 2.05) is 4.90 Å². The SMILES string of the molecule is O=C(O)CCCCCCN1C(=O)CC[C@@H]1CCC(O)Cc1cccc(OC(F)(F)F)c1. The summed E-state index contributed by atoms with van der Waals surface area (Å²) < 4.78 is 41.0. The van der Waals surface area contributed by atoms with E-state index in [0.717, 1.165) is 25.7 Å². The molecule has 2 rings (SSSR count). The highest BCUT2D eigenvalue weighted by Gasteiger charge is 2.32. The number of rotatable bonds is 13. The first-order chi connectivity index (χ1) is 14.6. The second-order valence-electron chi connectivity index (χ2n) is 7.97. The molecule has 1 heterocycles. The number of halogens is 3. The number of likely N-dealkylation sites (tertiary alicyclic amines) is 1. The number of aliphatic hydroxyl groups is 1. The molecule has 1 saturated heterocycles. The molecule has 6 nitrogen and oxygen atoms in total. The Kier molecular flexibility index (Phi) is 9.61. The Morgan fingerprint density at radius 1 is 1.23 bits per heavy atom. The molecule has 0 saturated carbocycles. The summed E-state index contributed by atoms with van der Waals surface area (Å²) >= 11 is 0. The van der Waals surface area contributed by atoms with Crippen LogP contribution in [0.15, 0.2) is 24.3 Å². The first-order valence-electron chi connectivity index (χ1n) is 10.7. The Hall–Kier alpha value is -2.29. The maximum Gasteiger partial charge on any atom is 0.573 e. The van der Waals surface area contributed by atoms with E-state index in [2.05, 4.69) is 4.74 Å². The molecule has 1 fully saturated rings. The fraction of sp³-hybridized carbons (Fsp3) is 0.636. The Labute approximate surface area is 180 Å². The van der Waals surface area contributed by atoms with Gasteiger partial charge >= 0.3 is 12.3 Å². The number of benzene rings is 1. The zero-order valence-corrected chi connectivity index (χ0v) is 17.4. The van der Waals surface area contributed by atoms with E-state index < -0.39 is 18.4 Å². The quantitative estimate of drug-likeness (QED) is 0.442. The van der Waals surface area contributed by atoms with E-state index in [4.69, 9.17) is 5.11 Å². The van der Waals surface area contributed by atoms with Crippen molar-refractivity contribution < 1.29 is 37.7 Å². The maximum atomic E-state index is 12.4. The zero-order chi connectivity index (χ0) is 22.9. The van der Waals surface area contributed by atoms with Gasteiger partial charge < -0.3 is 19.8 Å². The van der Waals surface area contributed by atoms with E-state index in [-0.39, 0.29) is 30.5 Å². The number of carboxylic acid groups (broad SMARTS) is 1. The summed E-state index contributed by atoms with van der Waals surface area (Å²) in [4.78, 5) is 24.5. The van der Waals surface area contributed by atoms with E-state index in [9.17, 15) is 27.9 Å². The van der Waals surface area contributed by atoms with Gasteiger partial charge in [0, 0.05) is 25.4 Å². The lowest BCUT2D eigenvalue weighted by atomic mass is 10.00. The molecule has 1 aliphatic rings. The summed E-state index contributed by atoms with van der Waals surface area (Å²) in [6.07, 6.45) is 0.301. The number of carboxylic acids is 1. The minimum Gasteiger partial charge on any atom is -0.481 e. The monoisotopic (exact) mass is 445 g/mol. The molecule has 1 aromatic rings. The highest BCUT2D eigenvalue weighted by molar-refractivity contribution is 5.78. The summed E-state index contributed by atoms with van der Waals surface area (Å²) in [6, 6.07) is 5.64. The Bertz CT molecular complexity index is 725. The summed E-state index contributed by atoms with van der Waals surface area (Å²) in [5.74, 6) is -1.01. The summed E-state index contributed by atoms with van der Waals surface area (Å²) in [5.41, 5.74) is 0.551. The van der Waals surface area contributed by atoms with Gasteiger partial charge in [0.15, 0.2) is 0 Å². The van der Waals surface area contributed by atoms with Crippen LogP contribution in [-0.2, 0) is 16.0 Å². The molecule has 0 bridgehead atoms. The van der Waals surface area contributed by atoms with Crippen molar-refractivity contribution in [2.24, 2.45) is 0 Å². The number of aliphatic carboxylic acids is 1. The second-order valence-corrected chi connectivity index (χ2v) is 7.97. The number of nitrogens with zero attached hydrogens (tertiary/aromatic N) is 1. The highest BCUT2D eigenvalue weighted by atomic mass is 19.4. The van der Waals surface area contributed by atoms with Crippen molar-refractivity contribution >= 4 is 11.9 Å². The molecule has 174 valence electrons.